The van der Waals surface area contributed by atoms with Gasteiger partial charge in [0.15, 0.2) is 5.82 Å². The first kappa shape index (κ1) is 15.3. The van der Waals surface area contributed by atoms with Crippen molar-refractivity contribution in [3.05, 3.63) is 66.1 Å². The number of likely N-dealkylation sites (tertiary alicyclic amines) is 1. The lowest BCUT2D eigenvalue weighted by molar-refractivity contribution is 0.240. The van der Waals surface area contributed by atoms with Crippen molar-refractivity contribution in [1.82, 2.24) is 30.3 Å². The van der Waals surface area contributed by atoms with Crippen molar-refractivity contribution in [3.8, 4) is 11.4 Å². The molecular weight excluding hydrogens is 324 g/mol. The van der Waals surface area contributed by atoms with E-state index in [1.54, 1.807) is 0 Å². The number of fused-ring (bicyclic) bond motifs is 1. The van der Waals surface area contributed by atoms with Crippen LogP contribution in [-0.4, -0.2) is 36.8 Å². The van der Waals surface area contributed by atoms with Gasteiger partial charge in [-0.25, -0.2) is 4.98 Å². The molecule has 0 radical (unpaired) electrons. The highest BCUT2D eigenvalue weighted by Gasteiger charge is 2.29. The van der Waals surface area contributed by atoms with Crippen molar-refractivity contribution >= 4 is 10.9 Å². The van der Waals surface area contributed by atoms with E-state index in [0.29, 0.717) is 0 Å². The van der Waals surface area contributed by atoms with Crippen molar-refractivity contribution in [2.24, 2.45) is 0 Å². The maximum absolute atomic E-state index is 4.77. The Kier molecular flexibility index (Phi) is 3.75. The second-order valence-electron chi connectivity index (χ2n) is 6.83. The maximum atomic E-state index is 4.77. The number of hydrogen-bond acceptors (Lipinski definition) is 4. The summed E-state index contributed by atoms with van der Waals surface area (Å²) in [4.78, 5) is 7.25. The molecule has 1 atom stereocenters. The third kappa shape index (κ3) is 2.78. The molecule has 0 amide bonds. The lowest BCUT2D eigenvalue weighted by Gasteiger charge is -2.22. The van der Waals surface area contributed by atoms with Crippen LogP contribution >= 0.6 is 0 Å². The van der Waals surface area contributed by atoms with Crippen LogP contribution in [0.5, 0.6) is 0 Å². The molecule has 1 unspecified atom stereocenters. The van der Waals surface area contributed by atoms with Crippen LogP contribution in [0.3, 0.4) is 0 Å². The van der Waals surface area contributed by atoms with E-state index in [1.165, 1.54) is 12.0 Å². The van der Waals surface area contributed by atoms with Gasteiger partial charge in [-0.1, -0.05) is 42.5 Å². The first-order valence-electron chi connectivity index (χ1n) is 9.00. The highest BCUT2D eigenvalue weighted by molar-refractivity contribution is 5.78. The number of nitrogens with zero attached hydrogens (tertiary/aromatic N) is 4. The van der Waals surface area contributed by atoms with Gasteiger partial charge in [0.25, 0.3) is 0 Å². The number of benzene rings is 2. The van der Waals surface area contributed by atoms with Gasteiger partial charge in [-0.05, 0) is 31.0 Å². The lowest BCUT2D eigenvalue weighted by atomic mass is 10.1. The van der Waals surface area contributed by atoms with Crippen LogP contribution in [0.25, 0.3) is 22.3 Å². The molecule has 1 aliphatic rings. The fraction of sp³-hybridized carbons (Fsp3) is 0.250. The zero-order valence-electron chi connectivity index (χ0n) is 14.4. The lowest BCUT2D eigenvalue weighted by Crippen LogP contribution is -2.23. The summed E-state index contributed by atoms with van der Waals surface area (Å²) < 4.78 is 0. The molecule has 1 aliphatic heterocycles. The molecule has 0 saturated carbocycles. The third-order valence-corrected chi connectivity index (χ3v) is 5.11. The largest absolute Gasteiger partial charge is 0.289 e. The van der Waals surface area contributed by atoms with E-state index in [2.05, 4.69) is 43.5 Å². The standard InChI is InChI=1S/C20H20N6/c1-2-5-15(6-3-1)19-22-20(25-24-19)18-7-4-10-26(18)13-14-8-9-16-12-21-23-17(16)11-14/h1-3,5-6,8-9,11-12,18H,4,7,10,13H2,(H,21,23)(H,22,24,25). The average molecular weight is 344 g/mol. The number of nitrogens with one attached hydrogen (secondary N) is 2. The van der Waals surface area contributed by atoms with Crippen LogP contribution in [0.2, 0.25) is 0 Å². The zero-order valence-corrected chi connectivity index (χ0v) is 14.4. The van der Waals surface area contributed by atoms with Crippen LogP contribution in [0.4, 0.5) is 0 Å². The van der Waals surface area contributed by atoms with E-state index in [9.17, 15) is 0 Å². The van der Waals surface area contributed by atoms with Gasteiger partial charge in [0.1, 0.15) is 5.82 Å². The van der Waals surface area contributed by atoms with E-state index in [4.69, 9.17) is 4.98 Å². The van der Waals surface area contributed by atoms with Crippen LogP contribution in [0.15, 0.2) is 54.7 Å². The van der Waals surface area contributed by atoms with Gasteiger partial charge < -0.3 is 0 Å². The minimum Gasteiger partial charge on any atom is -0.289 e. The summed E-state index contributed by atoms with van der Waals surface area (Å²) in [6, 6.07) is 16.9. The molecule has 0 spiro atoms. The zero-order chi connectivity index (χ0) is 17.3. The Morgan fingerprint density at radius 2 is 2.00 bits per heavy atom. The molecule has 6 heteroatoms. The summed E-state index contributed by atoms with van der Waals surface area (Å²) in [5.41, 5.74) is 3.42. The van der Waals surface area contributed by atoms with Crippen LogP contribution in [0.1, 0.15) is 30.3 Å². The maximum Gasteiger partial charge on any atom is 0.181 e. The van der Waals surface area contributed by atoms with Crippen molar-refractivity contribution in [1.29, 1.82) is 0 Å². The van der Waals surface area contributed by atoms with Crippen molar-refractivity contribution < 1.29 is 0 Å². The summed E-state index contributed by atoms with van der Waals surface area (Å²) in [5.74, 6) is 1.73. The molecule has 2 aromatic heterocycles. The Morgan fingerprint density at radius 3 is 2.92 bits per heavy atom. The van der Waals surface area contributed by atoms with Crippen molar-refractivity contribution in [2.75, 3.05) is 6.54 Å². The Morgan fingerprint density at radius 1 is 1.08 bits per heavy atom. The van der Waals surface area contributed by atoms with Gasteiger partial charge >= 0.3 is 0 Å². The van der Waals surface area contributed by atoms with Gasteiger partial charge in [-0.3, -0.25) is 15.1 Å². The highest BCUT2D eigenvalue weighted by Crippen LogP contribution is 2.32. The van der Waals surface area contributed by atoms with E-state index in [1.807, 2.05) is 36.5 Å². The van der Waals surface area contributed by atoms with Gasteiger partial charge in [-0.2, -0.15) is 10.2 Å². The molecule has 0 aliphatic carbocycles. The normalized spacial score (nSPS) is 17.9. The van der Waals surface area contributed by atoms with Crippen LogP contribution in [0, 0.1) is 0 Å². The predicted molar refractivity (Wildman–Crippen MR) is 100 cm³/mol. The van der Waals surface area contributed by atoms with E-state index < -0.39 is 0 Å². The first-order chi connectivity index (χ1) is 12.9. The molecular formula is C20H20N6. The predicted octanol–water partition coefficient (Wildman–Crippen LogP) is 3.69. The molecule has 3 heterocycles. The first-order valence-corrected chi connectivity index (χ1v) is 9.00. The molecule has 130 valence electrons. The van der Waals surface area contributed by atoms with Gasteiger partial charge in [0.2, 0.25) is 0 Å². The molecule has 2 N–H and O–H groups in total. The fourth-order valence-electron chi connectivity index (χ4n) is 3.78. The van der Waals surface area contributed by atoms with Gasteiger partial charge in [0, 0.05) is 17.5 Å². The minimum absolute atomic E-state index is 0.289. The van der Waals surface area contributed by atoms with Crippen molar-refractivity contribution in [3.63, 3.8) is 0 Å². The minimum atomic E-state index is 0.289. The second-order valence-corrected chi connectivity index (χ2v) is 6.83. The topological polar surface area (TPSA) is 73.5 Å². The summed E-state index contributed by atoms with van der Waals surface area (Å²) in [5, 5.41) is 15.9. The SMILES string of the molecule is c1ccc(-c2n[nH]c(C3CCCN3Cc3ccc4cn[nH]c4c3)n2)cc1. The molecule has 2 aromatic carbocycles. The summed E-state index contributed by atoms with van der Waals surface area (Å²) in [6.45, 7) is 1.98. The number of rotatable bonds is 4. The Hall–Kier alpha value is -2.99. The fourth-order valence-corrected chi connectivity index (χ4v) is 3.78. The van der Waals surface area contributed by atoms with E-state index >= 15 is 0 Å². The van der Waals surface area contributed by atoms with Crippen LogP contribution in [-0.2, 0) is 6.54 Å². The smallest absolute Gasteiger partial charge is 0.181 e. The Bertz CT molecular complexity index is 1020. The monoisotopic (exact) mass is 344 g/mol. The molecule has 26 heavy (non-hydrogen) atoms. The number of H-pyrrole nitrogens is 2. The number of hydrogen-bond donors (Lipinski definition) is 2. The third-order valence-electron chi connectivity index (χ3n) is 5.11. The summed E-state index contributed by atoms with van der Waals surface area (Å²) in [7, 11) is 0. The molecule has 4 aromatic rings. The molecule has 6 nitrogen and oxygen atoms in total. The van der Waals surface area contributed by atoms with E-state index in [0.717, 1.165) is 47.6 Å². The summed E-state index contributed by atoms with van der Waals surface area (Å²) in [6.07, 6.45) is 4.14. The van der Waals surface area contributed by atoms with Gasteiger partial charge in [-0.15, -0.1) is 0 Å². The summed E-state index contributed by atoms with van der Waals surface area (Å²) >= 11 is 0. The van der Waals surface area contributed by atoms with Crippen molar-refractivity contribution in [2.45, 2.75) is 25.4 Å². The van der Waals surface area contributed by atoms with Crippen LogP contribution < -0.4 is 0 Å². The molecule has 0 bridgehead atoms. The van der Waals surface area contributed by atoms with E-state index in [-0.39, 0.29) is 6.04 Å². The molecule has 1 saturated heterocycles. The Labute approximate surface area is 151 Å². The highest BCUT2D eigenvalue weighted by atomic mass is 15.3. The quantitative estimate of drug-likeness (QED) is 0.592. The van der Waals surface area contributed by atoms with Gasteiger partial charge in [0.05, 0.1) is 17.8 Å². The second kappa shape index (κ2) is 6.38. The number of aromatic amines is 2. The Balaban J connectivity index is 1.38. The molecule has 5 rings (SSSR count). The molecule has 1 fully saturated rings. The average Bonchev–Trinajstić information content (AvgIpc) is 3.42. The number of aromatic nitrogens is 5.